The van der Waals surface area contributed by atoms with E-state index in [1.807, 2.05) is 30.3 Å². The van der Waals surface area contributed by atoms with Crippen molar-refractivity contribution < 1.29 is 9.90 Å². The molecule has 6 N–H and O–H groups in total. The van der Waals surface area contributed by atoms with E-state index in [9.17, 15) is 4.79 Å². The number of phenols is 1. The standard InChI is InChI=1S/C13H13N3OS.C6H7NO/c1-15-13(17)12-8-11(6-7-16-12)18-10-4-2-9(14)3-5-10;7-5-1-3-6(8)4-2-5/h2-8H,14H2,1H3,(H,15,17);1-4,8H,7H2. The van der Waals surface area contributed by atoms with Crippen LogP contribution in [0.5, 0.6) is 5.75 Å². The number of anilines is 2. The highest BCUT2D eigenvalue weighted by atomic mass is 32.2. The lowest BCUT2D eigenvalue weighted by Crippen LogP contribution is -2.18. The van der Waals surface area contributed by atoms with Crippen molar-refractivity contribution in [1.82, 2.24) is 10.3 Å². The van der Waals surface area contributed by atoms with E-state index < -0.39 is 0 Å². The third kappa shape index (κ3) is 6.03. The molecule has 7 heteroatoms. The zero-order valence-electron chi connectivity index (χ0n) is 14.2. The van der Waals surface area contributed by atoms with E-state index in [4.69, 9.17) is 16.6 Å². The van der Waals surface area contributed by atoms with E-state index in [-0.39, 0.29) is 11.7 Å². The van der Waals surface area contributed by atoms with Crippen molar-refractivity contribution in [3.63, 3.8) is 0 Å². The molecule has 0 saturated carbocycles. The minimum atomic E-state index is -0.185. The van der Waals surface area contributed by atoms with E-state index in [0.29, 0.717) is 11.4 Å². The minimum Gasteiger partial charge on any atom is -0.508 e. The van der Waals surface area contributed by atoms with Gasteiger partial charge in [0.25, 0.3) is 5.91 Å². The van der Waals surface area contributed by atoms with Gasteiger partial charge >= 0.3 is 0 Å². The number of hydrogen-bond donors (Lipinski definition) is 4. The summed E-state index contributed by atoms with van der Waals surface area (Å²) in [5.74, 6) is 0.0638. The molecule has 0 radical (unpaired) electrons. The van der Waals surface area contributed by atoms with Crippen LogP contribution >= 0.6 is 11.8 Å². The van der Waals surface area contributed by atoms with Gasteiger partial charge in [-0.15, -0.1) is 0 Å². The fraction of sp³-hybridized carbons (Fsp3) is 0.0526. The molecule has 2 aromatic carbocycles. The molecule has 0 aliphatic rings. The Hall–Kier alpha value is -3.19. The molecular weight excluding hydrogens is 348 g/mol. The third-order valence-corrected chi connectivity index (χ3v) is 4.20. The lowest BCUT2D eigenvalue weighted by atomic mass is 10.3. The summed E-state index contributed by atoms with van der Waals surface area (Å²) in [5.41, 5.74) is 12.8. The number of rotatable bonds is 3. The van der Waals surface area contributed by atoms with Crippen LogP contribution in [0.3, 0.4) is 0 Å². The number of phenolic OH excluding ortho intramolecular Hbond substituents is 1. The van der Waals surface area contributed by atoms with Crippen LogP contribution in [0.15, 0.2) is 76.7 Å². The second kappa shape index (κ2) is 9.33. The summed E-state index contributed by atoms with van der Waals surface area (Å²) in [6.07, 6.45) is 1.63. The number of amides is 1. The van der Waals surface area contributed by atoms with Gasteiger partial charge in [0.1, 0.15) is 11.4 Å². The molecule has 0 aliphatic carbocycles. The van der Waals surface area contributed by atoms with Crippen LogP contribution in [0.4, 0.5) is 11.4 Å². The molecule has 0 saturated heterocycles. The molecule has 1 aromatic heterocycles. The number of aromatic nitrogens is 1. The molecule has 26 heavy (non-hydrogen) atoms. The number of aromatic hydroxyl groups is 1. The lowest BCUT2D eigenvalue weighted by Gasteiger charge is -2.04. The van der Waals surface area contributed by atoms with Gasteiger partial charge in [-0.2, -0.15) is 0 Å². The Morgan fingerprint density at radius 1 is 0.962 bits per heavy atom. The molecule has 1 amide bonds. The van der Waals surface area contributed by atoms with Crippen molar-refractivity contribution in [2.24, 2.45) is 0 Å². The van der Waals surface area contributed by atoms with E-state index in [0.717, 1.165) is 15.5 Å². The summed E-state index contributed by atoms with van der Waals surface area (Å²) in [6, 6.07) is 17.6. The molecule has 0 fully saturated rings. The number of hydrogen-bond acceptors (Lipinski definition) is 6. The van der Waals surface area contributed by atoms with Crippen molar-refractivity contribution in [2.45, 2.75) is 9.79 Å². The van der Waals surface area contributed by atoms with Crippen LogP contribution in [0.2, 0.25) is 0 Å². The maximum atomic E-state index is 11.5. The van der Waals surface area contributed by atoms with Crippen LogP contribution in [-0.2, 0) is 0 Å². The summed E-state index contributed by atoms with van der Waals surface area (Å²) in [6.45, 7) is 0. The van der Waals surface area contributed by atoms with E-state index in [1.54, 1.807) is 55.3 Å². The average Bonchev–Trinajstić information content (AvgIpc) is 2.66. The highest BCUT2D eigenvalue weighted by molar-refractivity contribution is 7.99. The van der Waals surface area contributed by atoms with Crippen molar-refractivity contribution in [3.8, 4) is 5.75 Å². The average molecular weight is 368 g/mol. The summed E-state index contributed by atoms with van der Waals surface area (Å²) in [7, 11) is 1.59. The zero-order chi connectivity index (χ0) is 18.9. The van der Waals surface area contributed by atoms with Gasteiger partial charge in [0.2, 0.25) is 0 Å². The first kappa shape index (κ1) is 19.1. The number of carbonyl (C=O) groups is 1. The minimum absolute atomic E-state index is 0.185. The third-order valence-electron chi connectivity index (χ3n) is 3.20. The number of nitrogens with one attached hydrogen (secondary N) is 1. The largest absolute Gasteiger partial charge is 0.508 e. The topological polar surface area (TPSA) is 114 Å². The predicted molar refractivity (Wildman–Crippen MR) is 105 cm³/mol. The molecule has 0 unspecified atom stereocenters. The van der Waals surface area contributed by atoms with Crippen LogP contribution in [0, 0.1) is 0 Å². The Morgan fingerprint density at radius 2 is 1.54 bits per heavy atom. The van der Waals surface area contributed by atoms with Crippen molar-refractivity contribution in [2.75, 3.05) is 18.5 Å². The molecule has 0 spiro atoms. The Morgan fingerprint density at radius 3 is 2.08 bits per heavy atom. The van der Waals surface area contributed by atoms with Gasteiger partial charge < -0.3 is 21.9 Å². The summed E-state index contributed by atoms with van der Waals surface area (Å²) in [5, 5.41) is 11.3. The summed E-state index contributed by atoms with van der Waals surface area (Å²) < 4.78 is 0. The number of nitrogen functional groups attached to an aromatic ring is 2. The first-order valence-electron chi connectivity index (χ1n) is 7.74. The van der Waals surface area contributed by atoms with Gasteiger partial charge in [-0.3, -0.25) is 9.78 Å². The highest BCUT2D eigenvalue weighted by Crippen LogP contribution is 2.28. The van der Waals surface area contributed by atoms with Gasteiger partial charge in [0, 0.05) is 34.4 Å². The molecule has 3 aromatic rings. The molecule has 3 rings (SSSR count). The van der Waals surface area contributed by atoms with E-state index in [2.05, 4.69) is 10.3 Å². The molecule has 0 aliphatic heterocycles. The van der Waals surface area contributed by atoms with Gasteiger partial charge in [-0.25, -0.2) is 0 Å². The summed E-state index contributed by atoms with van der Waals surface area (Å²) >= 11 is 1.56. The fourth-order valence-corrected chi connectivity index (χ4v) is 2.72. The molecule has 0 atom stereocenters. The first-order chi connectivity index (χ1) is 12.5. The Balaban J connectivity index is 0.000000254. The maximum Gasteiger partial charge on any atom is 0.269 e. The number of carbonyl (C=O) groups excluding carboxylic acids is 1. The molecular formula is C19H20N4O2S. The quantitative estimate of drug-likeness (QED) is 0.417. The van der Waals surface area contributed by atoms with Crippen molar-refractivity contribution in [1.29, 1.82) is 0 Å². The number of benzene rings is 2. The molecule has 0 bridgehead atoms. The van der Waals surface area contributed by atoms with Crippen LogP contribution < -0.4 is 16.8 Å². The number of nitrogens with zero attached hydrogens (tertiary/aromatic N) is 1. The monoisotopic (exact) mass is 368 g/mol. The van der Waals surface area contributed by atoms with Gasteiger partial charge in [0.05, 0.1) is 0 Å². The first-order valence-corrected chi connectivity index (χ1v) is 8.55. The Kier molecular flexibility index (Phi) is 6.87. The van der Waals surface area contributed by atoms with Gasteiger partial charge in [-0.1, -0.05) is 11.8 Å². The second-order valence-corrected chi connectivity index (χ2v) is 6.37. The Labute approximate surface area is 156 Å². The van der Waals surface area contributed by atoms with Gasteiger partial charge in [0.15, 0.2) is 0 Å². The highest BCUT2D eigenvalue weighted by Gasteiger charge is 2.06. The lowest BCUT2D eigenvalue weighted by molar-refractivity contribution is 0.0958. The Bertz CT molecular complexity index is 831. The fourth-order valence-electron chi connectivity index (χ4n) is 1.87. The van der Waals surface area contributed by atoms with E-state index in [1.165, 1.54) is 0 Å². The van der Waals surface area contributed by atoms with Crippen LogP contribution in [0.1, 0.15) is 10.5 Å². The zero-order valence-corrected chi connectivity index (χ0v) is 15.0. The number of nitrogens with two attached hydrogens (primary N) is 2. The SMILES string of the molecule is CNC(=O)c1cc(Sc2ccc(N)cc2)ccn1.Nc1ccc(O)cc1. The number of pyridine rings is 1. The normalized spacial score (nSPS) is 9.73. The van der Waals surface area contributed by atoms with Crippen LogP contribution in [0.25, 0.3) is 0 Å². The van der Waals surface area contributed by atoms with Crippen molar-refractivity contribution >= 4 is 29.0 Å². The van der Waals surface area contributed by atoms with E-state index >= 15 is 0 Å². The summed E-state index contributed by atoms with van der Waals surface area (Å²) in [4.78, 5) is 17.5. The second-order valence-electron chi connectivity index (χ2n) is 5.22. The van der Waals surface area contributed by atoms with Crippen molar-refractivity contribution in [3.05, 3.63) is 72.6 Å². The smallest absolute Gasteiger partial charge is 0.269 e. The molecule has 6 nitrogen and oxygen atoms in total. The predicted octanol–water partition coefficient (Wildman–Crippen LogP) is 3.15. The maximum absolute atomic E-state index is 11.5. The molecule has 134 valence electrons. The van der Waals surface area contributed by atoms with Gasteiger partial charge in [-0.05, 0) is 60.7 Å². The molecule has 1 heterocycles. The van der Waals surface area contributed by atoms with Crippen LogP contribution in [-0.4, -0.2) is 23.0 Å².